The van der Waals surface area contributed by atoms with E-state index in [1.54, 1.807) is 0 Å². The number of hydrogen-bond acceptors (Lipinski definition) is 2. The van der Waals surface area contributed by atoms with Gasteiger partial charge in [-0.25, -0.2) is 9.97 Å². The second-order valence-corrected chi connectivity index (χ2v) is 10.7. The lowest BCUT2D eigenvalue weighted by molar-refractivity contribution is 0.968. The van der Waals surface area contributed by atoms with E-state index in [4.69, 9.17) is 9.97 Å². The molecular weight excluding hydrogens is 512 g/mol. The molecule has 0 radical (unpaired) electrons. The highest BCUT2D eigenvalue weighted by molar-refractivity contribution is 6.20. The molecule has 0 fully saturated rings. The third-order valence-corrected chi connectivity index (χ3v) is 8.31. The van der Waals surface area contributed by atoms with Gasteiger partial charge in [0, 0.05) is 21.9 Å². The van der Waals surface area contributed by atoms with Crippen LogP contribution in [0.2, 0.25) is 0 Å². The molecule has 1 aromatic heterocycles. The minimum Gasteiger partial charge on any atom is -0.305 e. The Kier molecular flexibility index (Phi) is 4.87. The Morgan fingerprint density at radius 1 is 0.405 bits per heavy atom. The molecule has 0 aliphatic carbocycles. The van der Waals surface area contributed by atoms with E-state index in [-0.39, 0.29) is 0 Å². The first-order valence-corrected chi connectivity index (χ1v) is 14.2. The molecule has 6 aromatic carbocycles. The molecule has 0 spiro atoms. The van der Waals surface area contributed by atoms with E-state index in [0.29, 0.717) is 5.95 Å². The van der Waals surface area contributed by atoms with Crippen LogP contribution < -0.4 is 0 Å². The number of benzene rings is 6. The summed E-state index contributed by atoms with van der Waals surface area (Å²) in [7, 11) is 0. The molecule has 4 heteroatoms. The molecule has 0 atom stereocenters. The summed E-state index contributed by atoms with van der Waals surface area (Å²) in [5.74, 6) is 0.646. The van der Waals surface area contributed by atoms with Crippen LogP contribution in [0.5, 0.6) is 0 Å². The summed E-state index contributed by atoms with van der Waals surface area (Å²) in [6, 6.07) is 51.2. The highest BCUT2D eigenvalue weighted by Crippen LogP contribution is 2.41. The lowest BCUT2D eigenvalue weighted by atomic mass is 9.97. The molecule has 0 bridgehead atoms. The average Bonchev–Trinajstić information content (AvgIpc) is 3.07. The van der Waals surface area contributed by atoms with Crippen molar-refractivity contribution < 1.29 is 0 Å². The number of aromatic nitrogens is 4. The van der Waals surface area contributed by atoms with Gasteiger partial charge in [-0.15, -0.1) is 0 Å². The molecule has 0 saturated heterocycles. The number of pyridine rings is 1. The molecule has 3 heterocycles. The zero-order chi connectivity index (χ0) is 27.6. The van der Waals surface area contributed by atoms with E-state index < -0.39 is 0 Å². The van der Waals surface area contributed by atoms with Crippen molar-refractivity contribution in [3.05, 3.63) is 146 Å². The first kappa shape index (κ1) is 23.0. The standard InChI is InChI=1S/C38H24N4/c1-3-12-25(13-4-1)30-24-31(26-14-5-2-6-15-26)40-38(39-30)42-33-21-8-7-20-32(33)41-34-22-10-17-27-16-9-18-28(36(27)34)29-19-11-23-35(42)37(29)41/h1-24H. The predicted octanol–water partition coefficient (Wildman–Crippen LogP) is 9.44. The summed E-state index contributed by atoms with van der Waals surface area (Å²) < 4.78 is 4.66. The maximum Gasteiger partial charge on any atom is 0.235 e. The summed E-state index contributed by atoms with van der Waals surface area (Å²) in [6.07, 6.45) is 0. The van der Waals surface area contributed by atoms with Gasteiger partial charge in [0.25, 0.3) is 0 Å². The lowest BCUT2D eigenvalue weighted by Crippen LogP contribution is -2.14. The van der Waals surface area contributed by atoms with Gasteiger partial charge < -0.3 is 4.57 Å². The Morgan fingerprint density at radius 2 is 0.929 bits per heavy atom. The number of para-hydroxylation sites is 3. The van der Waals surface area contributed by atoms with Crippen LogP contribution in [0.3, 0.4) is 0 Å². The zero-order valence-corrected chi connectivity index (χ0v) is 22.6. The molecule has 0 unspecified atom stereocenters. The van der Waals surface area contributed by atoms with Crippen LogP contribution in [0.15, 0.2) is 146 Å². The second-order valence-electron chi connectivity index (χ2n) is 10.7. The van der Waals surface area contributed by atoms with E-state index in [1.807, 2.05) is 12.1 Å². The van der Waals surface area contributed by atoms with E-state index in [0.717, 1.165) is 44.8 Å². The number of fused-ring (bicyclic) bond motifs is 4. The topological polar surface area (TPSA) is 35.6 Å². The van der Waals surface area contributed by atoms with Crippen molar-refractivity contribution in [3.8, 4) is 34.2 Å². The van der Waals surface area contributed by atoms with Crippen molar-refractivity contribution in [1.82, 2.24) is 19.1 Å². The quantitative estimate of drug-likeness (QED) is 0.167. The number of nitrogens with zero attached hydrogens (tertiary/aromatic N) is 4. The van der Waals surface area contributed by atoms with Gasteiger partial charge in [-0.2, -0.15) is 0 Å². The van der Waals surface area contributed by atoms with Crippen molar-refractivity contribution in [2.45, 2.75) is 0 Å². The molecule has 42 heavy (non-hydrogen) atoms. The van der Waals surface area contributed by atoms with Gasteiger partial charge >= 0.3 is 0 Å². The van der Waals surface area contributed by atoms with Crippen molar-refractivity contribution in [2.75, 3.05) is 0 Å². The highest BCUT2D eigenvalue weighted by Gasteiger charge is 2.23. The summed E-state index contributed by atoms with van der Waals surface area (Å²) in [5, 5.41) is 4.98. The SMILES string of the molecule is c1ccc(-c2cc(-c3ccccc3)nc(-n3c4cccc5c4-n(c4cccc6cccc5c64)c4ccccc43)n2)cc1. The van der Waals surface area contributed by atoms with Crippen LogP contribution >= 0.6 is 0 Å². The predicted molar refractivity (Wildman–Crippen MR) is 173 cm³/mol. The Balaban J connectivity index is 1.48. The van der Waals surface area contributed by atoms with Crippen LogP contribution in [0.4, 0.5) is 0 Å². The maximum absolute atomic E-state index is 5.23. The minimum atomic E-state index is 0.646. The fourth-order valence-corrected chi connectivity index (χ4v) is 6.50. The van der Waals surface area contributed by atoms with Crippen molar-refractivity contribution >= 4 is 43.6 Å². The van der Waals surface area contributed by atoms with E-state index in [1.165, 1.54) is 27.1 Å². The van der Waals surface area contributed by atoms with E-state index >= 15 is 0 Å². The molecule has 4 nitrogen and oxygen atoms in total. The molecule has 0 saturated carbocycles. The lowest BCUT2D eigenvalue weighted by Gasteiger charge is -2.26. The highest BCUT2D eigenvalue weighted by atomic mass is 15.2. The smallest absolute Gasteiger partial charge is 0.235 e. The van der Waals surface area contributed by atoms with E-state index in [2.05, 4.69) is 143 Å². The van der Waals surface area contributed by atoms with Gasteiger partial charge in [0.2, 0.25) is 5.95 Å². The Morgan fingerprint density at radius 3 is 1.62 bits per heavy atom. The first-order chi connectivity index (χ1) is 20.8. The molecule has 196 valence electrons. The van der Waals surface area contributed by atoms with Gasteiger partial charge in [-0.1, -0.05) is 115 Å². The fourth-order valence-electron chi connectivity index (χ4n) is 6.50. The largest absolute Gasteiger partial charge is 0.305 e. The Labute approximate surface area is 242 Å². The van der Waals surface area contributed by atoms with Crippen molar-refractivity contribution in [1.29, 1.82) is 0 Å². The molecule has 2 aliphatic rings. The summed E-state index contributed by atoms with van der Waals surface area (Å²) in [5.41, 5.74) is 9.44. The molecule has 0 amide bonds. The molecule has 7 aromatic rings. The number of hydrogen-bond donors (Lipinski definition) is 0. The van der Waals surface area contributed by atoms with Crippen LogP contribution in [0.1, 0.15) is 0 Å². The summed E-state index contributed by atoms with van der Waals surface area (Å²) in [6.45, 7) is 0. The van der Waals surface area contributed by atoms with Crippen LogP contribution in [0, 0.1) is 0 Å². The second kappa shape index (κ2) is 8.88. The third kappa shape index (κ3) is 3.29. The van der Waals surface area contributed by atoms with Gasteiger partial charge in [0.1, 0.15) is 0 Å². The Bertz CT molecular complexity index is 2340. The molecule has 0 N–H and O–H groups in total. The van der Waals surface area contributed by atoms with Crippen LogP contribution in [-0.4, -0.2) is 19.1 Å². The summed E-state index contributed by atoms with van der Waals surface area (Å²) >= 11 is 0. The maximum atomic E-state index is 5.23. The van der Waals surface area contributed by atoms with Crippen molar-refractivity contribution in [2.24, 2.45) is 0 Å². The van der Waals surface area contributed by atoms with Gasteiger partial charge in [-0.05, 0) is 41.1 Å². The molecule has 9 rings (SSSR count). The van der Waals surface area contributed by atoms with Gasteiger partial charge in [-0.3, -0.25) is 4.57 Å². The average molecular weight is 537 g/mol. The first-order valence-electron chi connectivity index (χ1n) is 14.2. The molecule has 2 aliphatic heterocycles. The Hall–Kier alpha value is -5.74. The van der Waals surface area contributed by atoms with Gasteiger partial charge in [0.05, 0.1) is 39.1 Å². The molecular formula is C38H24N4. The fraction of sp³-hybridized carbons (Fsp3) is 0. The minimum absolute atomic E-state index is 0.646. The van der Waals surface area contributed by atoms with Crippen LogP contribution in [-0.2, 0) is 0 Å². The number of rotatable bonds is 3. The van der Waals surface area contributed by atoms with E-state index in [9.17, 15) is 0 Å². The monoisotopic (exact) mass is 536 g/mol. The van der Waals surface area contributed by atoms with Crippen LogP contribution in [0.25, 0.3) is 77.8 Å². The van der Waals surface area contributed by atoms with Crippen molar-refractivity contribution in [3.63, 3.8) is 0 Å². The normalized spacial score (nSPS) is 11.8. The summed E-state index contributed by atoms with van der Waals surface area (Å²) in [4.78, 5) is 10.5. The zero-order valence-electron chi connectivity index (χ0n) is 22.6. The third-order valence-electron chi connectivity index (χ3n) is 8.31. The van der Waals surface area contributed by atoms with Gasteiger partial charge in [0.15, 0.2) is 0 Å².